The summed E-state index contributed by atoms with van der Waals surface area (Å²) in [6, 6.07) is 20.6. The summed E-state index contributed by atoms with van der Waals surface area (Å²) in [6.07, 6.45) is 3.22. The minimum absolute atomic E-state index is 0.0436. The van der Waals surface area contributed by atoms with Gasteiger partial charge < -0.3 is 19.7 Å². The molecule has 1 heterocycles. The van der Waals surface area contributed by atoms with Crippen molar-refractivity contribution in [3.05, 3.63) is 125 Å². The molecule has 2 N–H and O–H groups in total. The number of carbonyl (C=O) groups is 2. The highest BCUT2D eigenvalue weighted by atomic mass is 32.2. The number of fused-ring (bicyclic) bond motifs is 2. The Kier molecular flexibility index (Phi) is 12.9. The molecule has 0 radical (unpaired) electrons. The molecule has 0 aliphatic rings. The second-order valence-electron chi connectivity index (χ2n) is 13.3. The summed E-state index contributed by atoms with van der Waals surface area (Å²) in [5, 5.41) is 20.6. The maximum Gasteiger partial charge on any atom is 0.307 e. The molecular formula is C42H39F2NO10S2. The second kappa shape index (κ2) is 17.5. The largest absolute Gasteiger partial charge is 0.481 e. The first-order valence-corrected chi connectivity index (χ1v) is 21.1. The first-order valence-electron chi connectivity index (χ1n) is 17.6. The van der Waals surface area contributed by atoms with Gasteiger partial charge in [0.2, 0.25) is 5.88 Å². The number of carboxylic acids is 2. The van der Waals surface area contributed by atoms with Gasteiger partial charge in [0.05, 0.1) is 28.4 Å². The minimum atomic E-state index is -3.39. The number of benzene rings is 5. The van der Waals surface area contributed by atoms with Gasteiger partial charge in [-0.3, -0.25) is 9.59 Å². The summed E-state index contributed by atoms with van der Waals surface area (Å²) in [7, 11) is -6.75. The topological polar surface area (TPSA) is 174 Å². The second-order valence-corrected chi connectivity index (χ2v) is 17.4. The zero-order chi connectivity index (χ0) is 41.7. The number of hydrogen-bond donors (Lipinski definition) is 2. The molecule has 0 aliphatic heterocycles. The number of sulfone groups is 2. The van der Waals surface area contributed by atoms with Gasteiger partial charge in [0.15, 0.2) is 19.7 Å². The van der Waals surface area contributed by atoms with Crippen molar-refractivity contribution in [2.24, 2.45) is 0 Å². The Labute approximate surface area is 328 Å². The summed E-state index contributed by atoms with van der Waals surface area (Å²) < 4.78 is 87.2. The Morgan fingerprint density at radius 3 is 1.61 bits per heavy atom. The van der Waals surface area contributed by atoms with E-state index in [4.69, 9.17) is 14.6 Å². The molecule has 1 aromatic heterocycles. The Morgan fingerprint density at radius 2 is 1.18 bits per heavy atom. The molecule has 0 atom stereocenters. The van der Waals surface area contributed by atoms with Gasteiger partial charge in [-0.15, -0.1) is 0 Å². The van der Waals surface area contributed by atoms with E-state index in [0.717, 1.165) is 12.7 Å². The highest BCUT2D eigenvalue weighted by molar-refractivity contribution is 7.91. The quantitative estimate of drug-likeness (QED) is 0.114. The van der Waals surface area contributed by atoms with Gasteiger partial charge in [-0.2, -0.15) is 0 Å². The summed E-state index contributed by atoms with van der Waals surface area (Å²) >= 11 is 0. The maximum absolute atomic E-state index is 13.9. The predicted octanol–water partition coefficient (Wildman–Crippen LogP) is 8.79. The number of aromatic nitrogens is 1. The fourth-order valence-electron chi connectivity index (χ4n) is 5.98. The van der Waals surface area contributed by atoms with Gasteiger partial charge in [-0.05, 0) is 108 Å². The first-order chi connectivity index (χ1) is 26.9. The summed E-state index contributed by atoms with van der Waals surface area (Å²) in [6.45, 7) is 5.34. The van der Waals surface area contributed by atoms with Crippen molar-refractivity contribution in [1.29, 1.82) is 0 Å². The summed E-state index contributed by atoms with van der Waals surface area (Å²) in [4.78, 5) is 26.6. The van der Waals surface area contributed by atoms with Crippen molar-refractivity contribution in [3.8, 4) is 23.1 Å². The maximum atomic E-state index is 13.9. The molecule has 11 nitrogen and oxygen atoms in total. The van der Waals surface area contributed by atoms with Crippen LogP contribution in [0.5, 0.6) is 23.1 Å². The molecule has 6 rings (SSSR count). The molecule has 15 heteroatoms. The lowest BCUT2D eigenvalue weighted by Crippen LogP contribution is -2.06. The van der Waals surface area contributed by atoms with Crippen LogP contribution in [0.25, 0.3) is 21.5 Å². The van der Waals surface area contributed by atoms with E-state index in [1.54, 1.807) is 50.2 Å². The number of carboxylic acid groups (broad SMARTS) is 2. The van der Waals surface area contributed by atoms with Crippen LogP contribution in [0.2, 0.25) is 0 Å². The van der Waals surface area contributed by atoms with Crippen molar-refractivity contribution in [2.75, 3.05) is 12.0 Å². The molecule has 0 unspecified atom stereocenters. The van der Waals surface area contributed by atoms with Crippen LogP contribution in [0.3, 0.4) is 0 Å². The number of ether oxygens (including phenoxy) is 2. The molecule has 0 spiro atoms. The molecule has 0 aliphatic carbocycles. The van der Waals surface area contributed by atoms with Crippen molar-refractivity contribution >= 4 is 53.2 Å². The van der Waals surface area contributed by atoms with E-state index in [-0.39, 0.29) is 40.0 Å². The fourth-order valence-corrected chi connectivity index (χ4v) is 8.00. The number of unbranched alkanes of at least 4 members (excludes halogenated alkanes) is 1. The molecule has 0 fully saturated rings. The van der Waals surface area contributed by atoms with Crippen molar-refractivity contribution < 1.29 is 54.9 Å². The van der Waals surface area contributed by atoms with Crippen LogP contribution in [0.1, 0.15) is 42.0 Å². The molecule has 0 saturated carbocycles. The molecule has 0 saturated heterocycles. The monoisotopic (exact) mass is 819 g/mol. The third-order valence-corrected chi connectivity index (χ3v) is 11.9. The Morgan fingerprint density at radius 1 is 0.684 bits per heavy atom. The fraction of sp³-hybridized carbons (Fsp3) is 0.214. The smallest absolute Gasteiger partial charge is 0.307 e. The van der Waals surface area contributed by atoms with E-state index in [1.165, 1.54) is 54.7 Å². The predicted molar refractivity (Wildman–Crippen MR) is 211 cm³/mol. The summed E-state index contributed by atoms with van der Waals surface area (Å²) in [5.74, 6) is -1.66. The number of rotatable bonds is 13. The Hall–Kier alpha value is -5.93. The van der Waals surface area contributed by atoms with Gasteiger partial charge >= 0.3 is 11.9 Å². The number of hydrogen-bond acceptors (Lipinski definition) is 9. The zero-order valence-electron chi connectivity index (χ0n) is 31.4. The first kappa shape index (κ1) is 42.2. The van der Waals surface area contributed by atoms with Gasteiger partial charge in [-0.1, -0.05) is 37.6 Å². The van der Waals surface area contributed by atoms with Gasteiger partial charge in [0, 0.05) is 29.3 Å². The SMILES string of the molecule is CCCCS(=O)(=O)c1ccc(Oc2c(C)c(CC(=O)O)cc3ccc(F)cc23)cc1.Cc1c(CC(=O)O)cc2ccc(F)cc2c1Oc1ccc(S(C)(=O)=O)cn1. The number of aliphatic carboxylic acids is 2. The highest BCUT2D eigenvalue weighted by Gasteiger charge is 2.19. The van der Waals surface area contributed by atoms with Gasteiger partial charge in [0.25, 0.3) is 0 Å². The average molecular weight is 820 g/mol. The molecular weight excluding hydrogens is 781 g/mol. The van der Waals surface area contributed by atoms with E-state index < -0.39 is 43.2 Å². The lowest BCUT2D eigenvalue weighted by Gasteiger charge is -2.16. The van der Waals surface area contributed by atoms with Crippen molar-refractivity contribution in [1.82, 2.24) is 4.98 Å². The molecule has 57 heavy (non-hydrogen) atoms. The highest BCUT2D eigenvalue weighted by Crippen LogP contribution is 2.38. The van der Waals surface area contributed by atoms with Crippen LogP contribution in [0, 0.1) is 25.5 Å². The van der Waals surface area contributed by atoms with Crippen LogP contribution in [0.15, 0.2) is 101 Å². The van der Waals surface area contributed by atoms with E-state index in [0.29, 0.717) is 61.7 Å². The number of pyridine rings is 1. The van der Waals surface area contributed by atoms with E-state index in [9.17, 15) is 40.3 Å². The lowest BCUT2D eigenvalue weighted by molar-refractivity contribution is -0.137. The van der Waals surface area contributed by atoms with Crippen LogP contribution < -0.4 is 9.47 Å². The Bertz CT molecular complexity index is 2700. The normalized spacial score (nSPS) is 11.5. The third kappa shape index (κ3) is 10.5. The number of nitrogens with zero attached hydrogens (tertiary/aromatic N) is 1. The van der Waals surface area contributed by atoms with Crippen LogP contribution in [0.4, 0.5) is 8.78 Å². The standard InChI is InChI=1S/C23H23FO5S.C19H16FNO5S/c1-3-4-11-30(27,28)20-9-7-19(8-10-20)29-23-15(2)17(13-22(25)26)12-16-5-6-18(24)14-21(16)23;1-11-13(8-18(22)23)7-12-3-4-14(20)9-16(12)19(11)26-17-6-5-15(10-21-17)27(2,24)25/h5-10,12,14H,3-4,11,13H2,1-2H3,(H,25,26);3-7,9-10H,8H2,1-2H3,(H,22,23). The average Bonchev–Trinajstić information content (AvgIpc) is 3.14. The Balaban J connectivity index is 0.000000219. The summed E-state index contributed by atoms with van der Waals surface area (Å²) in [5.41, 5.74) is 2.24. The molecule has 0 bridgehead atoms. The van der Waals surface area contributed by atoms with E-state index >= 15 is 0 Å². The van der Waals surface area contributed by atoms with E-state index in [2.05, 4.69) is 4.98 Å². The molecule has 5 aromatic carbocycles. The molecule has 0 amide bonds. The van der Waals surface area contributed by atoms with Crippen molar-refractivity contribution in [2.45, 2.75) is 56.2 Å². The lowest BCUT2D eigenvalue weighted by atomic mass is 9.98. The van der Waals surface area contributed by atoms with Crippen LogP contribution in [-0.4, -0.2) is 56.0 Å². The van der Waals surface area contributed by atoms with Gasteiger partial charge in [0.1, 0.15) is 28.9 Å². The van der Waals surface area contributed by atoms with Gasteiger partial charge in [-0.25, -0.2) is 30.6 Å². The van der Waals surface area contributed by atoms with Crippen LogP contribution >= 0.6 is 0 Å². The minimum Gasteiger partial charge on any atom is -0.481 e. The number of halogens is 2. The zero-order valence-corrected chi connectivity index (χ0v) is 33.0. The van der Waals surface area contributed by atoms with Crippen LogP contribution in [-0.2, 0) is 42.1 Å². The molecule has 298 valence electrons. The third-order valence-electron chi connectivity index (χ3n) is 9.02. The van der Waals surface area contributed by atoms with E-state index in [1.807, 2.05) is 6.92 Å². The molecule has 6 aromatic rings. The van der Waals surface area contributed by atoms with Crippen molar-refractivity contribution in [3.63, 3.8) is 0 Å².